The molecule has 5 atom stereocenters. The molecule has 0 spiro atoms. The average Bonchev–Trinajstić information content (AvgIpc) is 0.829. The minimum absolute atomic E-state index is 0.0118. The molecule has 612 valence electrons. The fraction of sp³-hybridized carbons (Fsp3) is 0.235. The van der Waals surface area contributed by atoms with Gasteiger partial charge in [0.2, 0.25) is 0 Å². The summed E-state index contributed by atoms with van der Waals surface area (Å²) in [4.78, 5) is 36.5. The first kappa shape index (κ1) is 93.5. The van der Waals surface area contributed by atoms with Gasteiger partial charge in [-0.25, -0.2) is 64.4 Å². The second kappa shape index (κ2) is 46.3. The molecule has 0 aliphatic carbocycles. The molecule has 0 bridgehead atoms. The fourth-order valence-corrected chi connectivity index (χ4v) is 12.0. The summed E-state index contributed by atoms with van der Waals surface area (Å²) in [5, 5.41) is 22.2. The number of methoxy groups -OCH3 is 6. The van der Waals surface area contributed by atoms with Crippen LogP contribution in [0.5, 0.6) is 40.2 Å². The third-order valence-electron chi connectivity index (χ3n) is 16.3. The zero-order valence-electron chi connectivity index (χ0n) is 62.1. The number of hydrogen-bond donors (Lipinski definition) is 3. The van der Waals surface area contributed by atoms with Crippen LogP contribution < -0.4 is 38.9 Å². The SMILES string of the molecule is COc1cc(C(=O)CCC(F)c2ccc(OC)c(-c3ccc(F)c(Cl)c3)n2)ccc1OCCO.COc1ccc(C(F)CBr)nc1-c1ccc(F)c(Cl)c1.COc1ccc(C(F)CN)nc1-c1ccc(F)c(Cl)c1.COc1ccc(C(F)CN=[N+]=[N-])nc1-c1ccc(F)c(Cl)c1.COc1ccc(C(O)CBr)nc1-c1ccc(F)c(Cl)c1. The number of alkyl halides is 6. The van der Waals surface area contributed by atoms with Gasteiger partial charge in [-0.3, -0.25) is 4.79 Å². The minimum atomic E-state index is -1.54. The van der Waals surface area contributed by atoms with Gasteiger partial charge in [0.1, 0.15) is 111 Å². The number of carbonyl (C=O) groups excluding carboxylic acids is 1. The second-order valence-corrected chi connectivity index (χ2v) is 27.2. The Bertz CT molecular complexity index is 4960. The van der Waals surface area contributed by atoms with E-state index in [0.717, 1.165) is 0 Å². The molecule has 0 fully saturated rings. The van der Waals surface area contributed by atoms with Crippen LogP contribution in [-0.4, -0.2) is 121 Å². The van der Waals surface area contributed by atoms with Crippen molar-refractivity contribution in [1.29, 1.82) is 0 Å². The van der Waals surface area contributed by atoms with Crippen LogP contribution in [0, 0.1) is 29.1 Å². The van der Waals surface area contributed by atoms with Gasteiger partial charge < -0.3 is 49.1 Å². The molecule has 19 nitrogen and oxygen atoms in total. The van der Waals surface area contributed by atoms with Crippen molar-refractivity contribution in [2.45, 2.75) is 43.6 Å². The maximum Gasteiger partial charge on any atom is 0.163 e. The number of ether oxygens (including phenoxy) is 7. The summed E-state index contributed by atoms with van der Waals surface area (Å²) >= 11 is 35.2. The van der Waals surface area contributed by atoms with Crippen molar-refractivity contribution in [2.75, 3.05) is 79.6 Å². The van der Waals surface area contributed by atoms with Crippen molar-refractivity contribution in [3.8, 4) is 96.5 Å². The van der Waals surface area contributed by atoms with E-state index in [4.69, 9.17) is 108 Å². The van der Waals surface area contributed by atoms with E-state index in [1.54, 1.807) is 54.6 Å². The van der Waals surface area contributed by atoms with E-state index in [-0.39, 0.29) is 98.1 Å². The smallest absolute Gasteiger partial charge is 0.163 e. The Balaban J connectivity index is 0.000000204. The van der Waals surface area contributed by atoms with Gasteiger partial charge in [0.05, 0.1) is 109 Å². The third-order valence-corrected chi connectivity index (χ3v) is 19.0. The summed E-state index contributed by atoms with van der Waals surface area (Å²) in [6, 6.07) is 41.1. The zero-order valence-corrected chi connectivity index (χ0v) is 69.0. The number of azide groups is 1. The molecule has 11 aromatic rings. The number of rotatable bonds is 28. The van der Waals surface area contributed by atoms with Crippen LogP contribution in [0.4, 0.5) is 39.5 Å². The Hall–Kier alpha value is -9.69. The molecule has 6 aromatic carbocycles. The van der Waals surface area contributed by atoms with Gasteiger partial charge in [0, 0.05) is 61.9 Å². The van der Waals surface area contributed by atoms with Crippen LogP contribution in [0.2, 0.25) is 25.1 Å². The lowest BCUT2D eigenvalue weighted by Crippen LogP contribution is -2.09. The third kappa shape index (κ3) is 25.7. The molecule has 0 amide bonds. The maximum atomic E-state index is 15.0. The molecule has 35 heteroatoms. The van der Waals surface area contributed by atoms with E-state index in [0.29, 0.717) is 113 Å². The number of pyridine rings is 5. The molecule has 0 saturated heterocycles. The molecule has 5 aromatic heterocycles. The highest BCUT2D eigenvalue weighted by Gasteiger charge is 2.24. The quantitative estimate of drug-likeness (QED) is 0.0103. The van der Waals surface area contributed by atoms with Crippen molar-refractivity contribution >= 4 is 95.6 Å². The van der Waals surface area contributed by atoms with E-state index in [1.807, 2.05) is 0 Å². The topological polar surface area (TPSA) is 261 Å². The first-order valence-corrected chi connectivity index (χ1v) is 38.3. The van der Waals surface area contributed by atoms with E-state index in [1.165, 1.54) is 158 Å². The van der Waals surface area contributed by atoms with Crippen LogP contribution in [0.25, 0.3) is 66.7 Å². The Morgan fingerprint density at radius 2 is 0.750 bits per heavy atom. The molecule has 4 N–H and O–H groups in total. The number of aliphatic hydroxyl groups is 2. The Kier molecular flexibility index (Phi) is 37.3. The lowest BCUT2D eigenvalue weighted by Gasteiger charge is -2.13. The van der Waals surface area contributed by atoms with Gasteiger partial charge >= 0.3 is 0 Å². The first-order chi connectivity index (χ1) is 55.6. The van der Waals surface area contributed by atoms with Crippen LogP contribution in [0.1, 0.15) is 82.5 Å². The lowest BCUT2D eigenvalue weighted by molar-refractivity contribution is 0.0967. The highest BCUT2D eigenvalue weighted by molar-refractivity contribution is 9.09. The van der Waals surface area contributed by atoms with Crippen LogP contribution in [0.3, 0.4) is 0 Å². The number of hydrogen-bond acceptors (Lipinski definition) is 17. The van der Waals surface area contributed by atoms with Gasteiger partial charge in [-0.1, -0.05) is 95.0 Å². The normalized spacial score (nSPS) is 12.0. The first-order valence-electron chi connectivity index (χ1n) is 34.2. The standard InChI is InChI=1S/C25H24ClF2NO5.C14H11BrClF2NO.C14H12BrClFNO2.C14H11ClF2N4O.C14H13ClF2N2O/c1-32-23-10-7-20(29-25(23)16-3-5-18(27)17(26)13-16)19(28)6-8-21(31)15-4-9-22(34-12-11-30)24(14-15)33-2;1-20-13-5-4-12(11(18)7-15)19-14(13)8-2-3-10(17)9(16)6-8;1-20-13-5-4-11(12(19)7-15)18-14(13)8-2-3-10(17)9(16)6-8;1-22-13-5-4-12(11(17)7-19-21-18)20-14(13)8-2-3-10(16)9(15)6-8;1-20-13-5-4-12(11(17)7-18)19-14(13)8-2-3-10(16)9(15)6-8/h3-5,7,9-10,13-14,19,30H,6,8,11-12H2,1-2H3;2-6,11H,7H2,1H3;2-6,12,19H,7H2,1H3;2-6,11H,7H2,1H3;2-6,11H,7,18H2,1H3. The van der Waals surface area contributed by atoms with Crippen molar-refractivity contribution in [1.82, 2.24) is 24.9 Å². The number of aliphatic hydroxyl groups excluding tert-OH is 2. The summed E-state index contributed by atoms with van der Waals surface area (Å²) < 4.78 is 159. The highest BCUT2D eigenvalue weighted by atomic mass is 79.9. The number of ketones is 1. The maximum absolute atomic E-state index is 15.0. The van der Waals surface area contributed by atoms with Crippen molar-refractivity contribution in [3.63, 3.8) is 0 Å². The largest absolute Gasteiger partial charge is 0.494 e. The van der Waals surface area contributed by atoms with E-state index >= 15 is 4.39 Å². The molecule has 0 saturated carbocycles. The molecule has 0 aliphatic rings. The van der Waals surface area contributed by atoms with Gasteiger partial charge in [-0.15, -0.1) is 0 Å². The van der Waals surface area contributed by atoms with Gasteiger partial charge in [-0.05, 0) is 182 Å². The fourth-order valence-electron chi connectivity index (χ4n) is 10.4. The summed E-state index contributed by atoms with van der Waals surface area (Å²) in [5.41, 5.74) is 19.7. The Labute approximate surface area is 702 Å². The molecule has 11 rings (SSSR count). The van der Waals surface area contributed by atoms with E-state index in [9.17, 15) is 45.0 Å². The molecule has 0 aliphatic heterocycles. The summed E-state index contributed by atoms with van der Waals surface area (Å²) in [7, 11) is 8.81. The van der Waals surface area contributed by atoms with Crippen LogP contribution in [0.15, 0.2) is 175 Å². The van der Waals surface area contributed by atoms with Gasteiger partial charge in [0.25, 0.3) is 0 Å². The monoisotopic (exact) mass is 1830 g/mol. The molecular formula is C81H71Br2Cl5F9N9O10. The van der Waals surface area contributed by atoms with Crippen molar-refractivity contribution < 1.29 is 87.7 Å². The summed E-state index contributed by atoms with van der Waals surface area (Å²) in [6.45, 7) is -0.590. The second-order valence-electron chi connectivity index (χ2n) is 23.8. The molecule has 116 heavy (non-hydrogen) atoms. The molecule has 0 radical (unpaired) electrons. The lowest BCUT2D eigenvalue weighted by atomic mass is 10.0. The Morgan fingerprint density at radius 1 is 0.440 bits per heavy atom. The number of halogens is 16. The number of nitrogens with zero attached hydrogens (tertiary/aromatic N) is 8. The average molecular weight is 1840 g/mol. The number of carbonyl (C=O) groups is 1. The van der Waals surface area contributed by atoms with Gasteiger partial charge in [-0.2, -0.15) is 0 Å². The minimum Gasteiger partial charge on any atom is -0.494 e. The van der Waals surface area contributed by atoms with Gasteiger partial charge in [0.15, 0.2) is 29.6 Å². The number of nitrogens with two attached hydrogens (primary N) is 1. The van der Waals surface area contributed by atoms with Crippen molar-refractivity contribution in [3.05, 3.63) is 269 Å². The summed E-state index contributed by atoms with van der Waals surface area (Å²) in [5.74, 6) is -0.00289. The van der Waals surface area contributed by atoms with E-state index in [2.05, 4.69) is 66.8 Å². The number of Topliss-reactive ketones (excluding diaryl/α,β-unsaturated/α-hetero) is 1. The number of aromatic nitrogens is 5. The highest BCUT2D eigenvalue weighted by Crippen LogP contribution is 2.40. The molecule has 5 unspecified atom stereocenters. The number of benzene rings is 6. The van der Waals surface area contributed by atoms with Crippen molar-refractivity contribution in [2.24, 2.45) is 10.8 Å². The predicted octanol–water partition coefficient (Wildman–Crippen LogP) is 22.9. The molecular weight excluding hydrogens is 1770 g/mol. The Morgan fingerprint density at radius 3 is 1.05 bits per heavy atom. The van der Waals surface area contributed by atoms with Crippen LogP contribution in [-0.2, 0) is 0 Å². The van der Waals surface area contributed by atoms with E-state index < -0.39 is 59.9 Å². The summed E-state index contributed by atoms with van der Waals surface area (Å²) in [6.07, 6.45) is -6.53. The zero-order chi connectivity index (χ0) is 84.9. The predicted molar refractivity (Wildman–Crippen MR) is 436 cm³/mol. The van der Waals surface area contributed by atoms with Crippen LogP contribution >= 0.6 is 89.9 Å². The molecule has 5 heterocycles.